The van der Waals surface area contributed by atoms with Crippen molar-refractivity contribution in [2.45, 2.75) is 26.7 Å². The summed E-state index contributed by atoms with van der Waals surface area (Å²) in [6.07, 6.45) is 1.87. The molecule has 0 fully saturated rings. The molecule has 112 valence electrons. The summed E-state index contributed by atoms with van der Waals surface area (Å²) >= 11 is 6.31. The molecule has 0 aliphatic carbocycles. The van der Waals surface area contributed by atoms with E-state index in [1.165, 1.54) is 0 Å². The van der Waals surface area contributed by atoms with E-state index in [1.807, 2.05) is 24.3 Å². The number of aryl methyl sites for hydroxylation is 1. The molecule has 0 radical (unpaired) electrons. The average Bonchev–Trinajstić information content (AvgIpc) is 2.52. The van der Waals surface area contributed by atoms with E-state index in [1.54, 1.807) is 7.11 Å². The smallest absolute Gasteiger partial charge is 0.167 e. The number of aromatic nitrogens is 2. The zero-order chi connectivity index (χ0) is 15.2. The second kappa shape index (κ2) is 7.27. The summed E-state index contributed by atoms with van der Waals surface area (Å²) in [4.78, 5) is 9.16. The van der Waals surface area contributed by atoms with Crippen LogP contribution in [0.15, 0.2) is 24.3 Å². The Bertz CT molecular complexity index is 616. The van der Waals surface area contributed by atoms with E-state index in [0.717, 1.165) is 36.5 Å². The lowest BCUT2D eigenvalue weighted by molar-refractivity contribution is 0.416. The maximum absolute atomic E-state index is 6.31. The van der Waals surface area contributed by atoms with Crippen LogP contribution in [-0.4, -0.2) is 23.6 Å². The molecule has 0 atom stereocenters. The van der Waals surface area contributed by atoms with Crippen molar-refractivity contribution in [1.29, 1.82) is 0 Å². The quantitative estimate of drug-likeness (QED) is 0.869. The normalized spacial score (nSPS) is 10.5. The zero-order valence-electron chi connectivity index (χ0n) is 12.6. The zero-order valence-corrected chi connectivity index (χ0v) is 13.4. The molecule has 1 aromatic heterocycles. The first kappa shape index (κ1) is 15.6. The van der Waals surface area contributed by atoms with Gasteiger partial charge in [-0.1, -0.05) is 31.5 Å². The average molecular weight is 306 g/mol. The van der Waals surface area contributed by atoms with Gasteiger partial charge >= 0.3 is 0 Å². The van der Waals surface area contributed by atoms with Crippen LogP contribution in [0, 0.1) is 0 Å². The lowest BCUT2D eigenvalue weighted by Crippen LogP contribution is -2.06. The van der Waals surface area contributed by atoms with Gasteiger partial charge in [0, 0.05) is 18.3 Å². The van der Waals surface area contributed by atoms with Crippen LogP contribution >= 0.6 is 11.6 Å². The van der Waals surface area contributed by atoms with Crippen molar-refractivity contribution < 1.29 is 4.74 Å². The Hall–Kier alpha value is -1.81. The van der Waals surface area contributed by atoms with Crippen molar-refractivity contribution in [2.75, 3.05) is 19.0 Å². The number of benzene rings is 1. The minimum Gasteiger partial charge on any atom is -0.496 e. The van der Waals surface area contributed by atoms with Crippen LogP contribution in [0.2, 0.25) is 5.02 Å². The molecule has 1 N–H and O–H groups in total. The second-order valence-electron chi connectivity index (χ2n) is 4.67. The summed E-state index contributed by atoms with van der Waals surface area (Å²) in [5.41, 5.74) is 1.71. The van der Waals surface area contributed by atoms with Crippen molar-refractivity contribution in [3.05, 3.63) is 35.0 Å². The maximum atomic E-state index is 6.31. The molecule has 0 aliphatic rings. The van der Waals surface area contributed by atoms with Crippen LogP contribution < -0.4 is 10.1 Å². The van der Waals surface area contributed by atoms with Gasteiger partial charge in [0.05, 0.1) is 17.7 Å². The van der Waals surface area contributed by atoms with Crippen molar-refractivity contribution in [1.82, 2.24) is 9.97 Å². The van der Waals surface area contributed by atoms with Crippen LogP contribution in [0.25, 0.3) is 11.4 Å². The van der Waals surface area contributed by atoms with Crippen molar-refractivity contribution in [3.63, 3.8) is 0 Å². The van der Waals surface area contributed by atoms with Crippen LogP contribution in [0.3, 0.4) is 0 Å². The molecule has 1 heterocycles. The standard InChI is InChI=1S/C16H20ClN3O/c1-4-9-18-14-10-11(5-2)19-16(20-14)15-12(17)7-6-8-13(15)21-3/h6-8,10H,4-5,9H2,1-3H3,(H,18,19,20). The summed E-state index contributed by atoms with van der Waals surface area (Å²) in [6, 6.07) is 7.51. The van der Waals surface area contributed by atoms with Crippen molar-refractivity contribution in [2.24, 2.45) is 0 Å². The Morgan fingerprint density at radius 2 is 2.05 bits per heavy atom. The number of nitrogens with one attached hydrogen (secondary N) is 1. The Morgan fingerprint density at radius 3 is 2.71 bits per heavy atom. The predicted octanol–water partition coefficient (Wildman–Crippen LogP) is 4.19. The van der Waals surface area contributed by atoms with Gasteiger partial charge in [-0.3, -0.25) is 0 Å². The largest absolute Gasteiger partial charge is 0.496 e. The Morgan fingerprint density at radius 1 is 1.24 bits per heavy atom. The molecule has 1 aromatic carbocycles. The first-order valence-corrected chi connectivity index (χ1v) is 7.52. The third kappa shape index (κ3) is 3.64. The van der Waals surface area contributed by atoms with Gasteiger partial charge in [0.25, 0.3) is 0 Å². The van der Waals surface area contributed by atoms with Crippen molar-refractivity contribution in [3.8, 4) is 17.1 Å². The van der Waals surface area contributed by atoms with Crippen LogP contribution in [0.5, 0.6) is 5.75 Å². The number of rotatable bonds is 6. The van der Waals surface area contributed by atoms with Gasteiger partial charge in [-0.05, 0) is 25.0 Å². The summed E-state index contributed by atoms with van der Waals surface area (Å²) in [5.74, 6) is 2.09. The molecule has 21 heavy (non-hydrogen) atoms. The Labute approximate surface area is 130 Å². The number of methoxy groups -OCH3 is 1. The highest BCUT2D eigenvalue weighted by Crippen LogP contribution is 2.34. The summed E-state index contributed by atoms with van der Waals surface area (Å²) in [5, 5.41) is 3.89. The SMILES string of the molecule is CCCNc1cc(CC)nc(-c2c(Cl)cccc2OC)n1. The molecule has 2 aromatic rings. The maximum Gasteiger partial charge on any atom is 0.167 e. The molecule has 0 unspecified atom stereocenters. The van der Waals surface area contributed by atoms with E-state index in [0.29, 0.717) is 16.6 Å². The fourth-order valence-electron chi connectivity index (χ4n) is 2.03. The number of hydrogen-bond acceptors (Lipinski definition) is 4. The van der Waals surface area contributed by atoms with Gasteiger partial charge < -0.3 is 10.1 Å². The molecule has 2 rings (SSSR count). The molecule has 0 saturated carbocycles. The summed E-state index contributed by atoms with van der Waals surface area (Å²) < 4.78 is 5.39. The lowest BCUT2D eigenvalue weighted by atomic mass is 10.1. The predicted molar refractivity (Wildman–Crippen MR) is 87.2 cm³/mol. The van der Waals surface area contributed by atoms with E-state index < -0.39 is 0 Å². The molecular weight excluding hydrogens is 286 g/mol. The third-order valence-corrected chi connectivity index (χ3v) is 3.43. The van der Waals surface area contributed by atoms with Crippen LogP contribution in [0.1, 0.15) is 26.0 Å². The molecule has 5 heteroatoms. The van der Waals surface area contributed by atoms with Crippen molar-refractivity contribution >= 4 is 17.4 Å². The van der Waals surface area contributed by atoms with Gasteiger partial charge in [-0.2, -0.15) is 0 Å². The third-order valence-electron chi connectivity index (χ3n) is 3.12. The summed E-state index contributed by atoms with van der Waals surface area (Å²) in [7, 11) is 1.62. The molecule has 0 amide bonds. The molecule has 4 nitrogen and oxygen atoms in total. The van der Waals surface area contributed by atoms with E-state index in [-0.39, 0.29) is 0 Å². The highest BCUT2D eigenvalue weighted by Gasteiger charge is 2.14. The highest BCUT2D eigenvalue weighted by atomic mass is 35.5. The number of nitrogens with zero attached hydrogens (tertiary/aromatic N) is 2. The topological polar surface area (TPSA) is 47.0 Å². The number of ether oxygens (including phenoxy) is 1. The first-order valence-electron chi connectivity index (χ1n) is 7.14. The Kier molecular flexibility index (Phi) is 5.39. The monoisotopic (exact) mass is 305 g/mol. The highest BCUT2D eigenvalue weighted by molar-refractivity contribution is 6.33. The first-order chi connectivity index (χ1) is 10.2. The van der Waals surface area contributed by atoms with Crippen LogP contribution in [-0.2, 0) is 6.42 Å². The molecule has 0 spiro atoms. The number of halogens is 1. The number of hydrogen-bond donors (Lipinski definition) is 1. The Balaban J connectivity index is 2.52. The lowest BCUT2D eigenvalue weighted by Gasteiger charge is -2.12. The molecule has 0 aliphatic heterocycles. The van der Waals surface area contributed by atoms with Gasteiger partial charge in [-0.15, -0.1) is 0 Å². The second-order valence-corrected chi connectivity index (χ2v) is 5.07. The summed E-state index contributed by atoms with van der Waals surface area (Å²) in [6.45, 7) is 5.06. The van der Waals surface area contributed by atoms with Gasteiger partial charge in [0.15, 0.2) is 5.82 Å². The molecular formula is C16H20ClN3O. The van der Waals surface area contributed by atoms with E-state index in [4.69, 9.17) is 16.3 Å². The molecule has 0 bridgehead atoms. The minimum atomic E-state index is 0.587. The fraction of sp³-hybridized carbons (Fsp3) is 0.375. The number of anilines is 1. The van der Waals surface area contributed by atoms with Crippen LogP contribution in [0.4, 0.5) is 5.82 Å². The fourth-order valence-corrected chi connectivity index (χ4v) is 2.28. The van der Waals surface area contributed by atoms with Gasteiger partial charge in [-0.25, -0.2) is 9.97 Å². The minimum absolute atomic E-state index is 0.587. The van der Waals surface area contributed by atoms with Gasteiger partial charge in [0.1, 0.15) is 11.6 Å². The van der Waals surface area contributed by atoms with E-state index >= 15 is 0 Å². The van der Waals surface area contributed by atoms with Gasteiger partial charge in [0.2, 0.25) is 0 Å². The molecule has 0 saturated heterocycles. The van der Waals surface area contributed by atoms with E-state index in [2.05, 4.69) is 29.1 Å². The van der Waals surface area contributed by atoms with E-state index in [9.17, 15) is 0 Å².